The zero-order chi connectivity index (χ0) is 17.6. The third kappa shape index (κ3) is 3.17. The molecule has 7 heteroatoms. The highest BCUT2D eigenvalue weighted by molar-refractivity contribution is 5.33. The lowest BCUT2D eigenvalue weighted by Gasteiger charge is -2.26. The first-order valence-electron chi connectivity index (χ1n) is 8.73. The van der Waals surface area contributed by atoms with E-state index in [1.807, 2.05) is 11.6 Å². The molecule has 4 rings (SSSR count). The molecule has 25 heavy (non-hydrogen) atoms. The summed E-state index contributed by atoms with van der Waals surface area (Å²) < 4.78 is 42.1. The zero-order valence-corrected chi connectivity index (χ0v) is 14.1. The fraction of sp³-hybridized carbons (Fsp3) is 0.556. The summed E-state index contributed by atoms with van der Waals surface area (Å²) >= 11 is 0. The maximum absolute atomic E-state index is 13.4. The molecule has 2 heterocycles. The molecule has 1 atom stereocenters. The summed E-state index contributed by atoms with van der Waals surface area (Å²) in [6.45, 7) is 1.32. The molecular weight excluding hydrogens is 329 g/mol. The summed E-state index contributed by atoms with van der Waals surface area (Å²) in [5, 5.41) is 8.57. The Bertz CT molecular complexity index is 764. The van der Waals surface area contributed by atoms with Gasteiger partial charge in [-0.2, -0.15) is 13.2 Å². The molecule has 2 fully saturated rings. The van der Waals surface area contributed by atoms with E-state index >= 15 is 0 Å². The number of halogens is 3. The van der Waals surface area contributed by atoms with Crippen LogP contribution in [0.5, 0.6) is 0 Å². The molecule has 2 aromatic rings. The van der Waals surface area contributed by atoms with Crippen molar-refractivity contribution in [2.45, 2.75) is 50.4 Å². The van der Waals surface area contributed by atoms with E-state index in [9.17, 15) is 13.2 Å². The van der Waals surface area contributed by atoms with Gasteiger partial charge in [0, 0.05) is 19.0 Å². The number of likely N-dealkylation sites (tertiary alicyclic amines) is 1. The van der Waals surface area contributed by atoms with Crippen molar-refractivity contribution in [1.29, 1.82) is 0 Å². The highest BCUT2D eigenvalue weighted by Crippen LogP contribution is 2.41. The van der Waals surface area contributed by atoms with E-state index in [1.165, 1.54) is 12.1 Å². The molecule has 134 valence electrons. The van der Waals surface area contributed by atoms with Crippen LogP contribution in [0.2, 0.25) is 0 Å². The van der Waals surface area contributed by atoms with E-state index in [1.54, 1.807) is 12.1 Å². The summed E-state index contributed by atoms with van der Waals surface area (Å²) in [7, 11) is 1.96. The predicted octanol–water partition coefficient (Wildman–Crippen LogP) is 4.05. The minimum absolute atomic E-state index is 0.223. The second kappa shape index (κ2) is 6.12. The van der Waals surface area contributed by atoms with E-state index in [-0.39, 0.29) is 6.04 Å². The standard InChI is InChI=1S/C18H21F3N4/c1-24-16(22-23-17(24)12-8-9-12)11-25-10-4-7-15(25)13-5-2-3-6-14(13)18(19,20)21/h2-3,5-6,12,15H,4,7-11H2,1H3. The number of benzene rings is 1. The zero-order valence-electron chi connectivity index (χ0n) is 14.1. The molecule has 0 radical (unpaired) electrons. The molecule has 1 unspecified atom stereocenters. The van der Waals surface area contributed by atoms with Crippen molar-refractivity contribution in [2.75, 3.05) is 6.54 Å². The van der Waals surface area contributed by atoms with Crippen LogP contribution in [-0.2, 0) is 19.8 Å². The topological polar surface area (TPSA) is 34.0 Å². The molecule has 4 nitrogen and oxygen atoms in total. The van der Waals surface area contributed by atoms with Gasteiger partial charge in [0.25, 0.3) is 0 Å². The van der Waals surface area contributed by atoms with Gasteiger partial charge in [0.1, 0.15) is 11.6 Å². The van der Waals surface area contributed by atoms with E-state index in [0.717, 1.165) is 43.9 Å². The average molecular weight is 350 g/mol. The van der Waals surface area contributed by atoms with Gasteiger partial charge in [-0.25, -0.2) is 0 Å². The highest BCUT2D eigenvalue weighted by Gasteiger charge is 2.38. The molecule has 0 spiro atoms. The first-order valence-corrected chi connectivity index (χ1v) is 8.73. The van der Waals surface area contributed by atoms with E-state index in [0.29, 0.717) is 18.0 Å². The number of rotatable bonds is 4. The van der Waals surface area contributed by atoms with Crippen LogP contribution in [0.4, 0.5) is 13.2 Å². The van der Waals surface area contributed by atoms with Crippen molar-refractivity contribution >= 4 is 0 Å². The fourth-order valence-corrected chi connectivity index (χ4v) is 3.81. The Kier molecular flexibility index (Phi) is 4.06. The summed E-state index contributed by atoms with van der Waals surface area (Å²) in [5.74, 6) is 2.34. The van der Waals surface area contributed by atoms with Gasteiger partial charge in [-0.05, 0) is 43.9 Å². The molecule has 0 amide bonds. The van der Waals surface area contributed by atoms with Crippen LogP contribution in [0.3, 0.4) is 0 Å². The highest BCUT2D eigenvalue weighted by atomic mass is 19.4. The Hall–Kier alpha value is -1.89. The monoisotopic (exact) mass is 350 g/mol. The molecule has 1 saturated heterocycles. The minimum atomic E-state index is -4.32. The van der Waals surface area contributed by atoms with Gasteiger partial charge in [0.15, 0.2) is 0 Å². The molecule has 1 aliphatic heterocycles. The molecule has 0 bridgehead atoms. The van der Waals surface area contributed by atoms with Crippen LogP contribution in [0.25, 0.3) is 0 Å². The quantitative estimate of drug-likeness (QED) is 0.834. The second-order valence-electron chi connectivity index (χ2n) is 7.02. The van der Waals surface area contributed by atoms with Crippen molar-refractivity contribution in [2.24, 2.45) is 7.05 Å². The second-order valence-corrected chi connectivity index (χ2v) is 7.02. The third-order valence-corrected chi connectivity index (χ3v) is 5.27. The van der Waals surface area contributed by atoms with Gasteiger partial charge in [-0.15, -0.1) is 10.2 Å². The van der Waals surface area contributed by atoms with Gasteiger partial charge >= 0.3 is 6.18 Å². The van der Waals surface area contributed by atoms with Crippen LogP contribution in [-0.4, -0.2) is 26.2 Å². The SMILES string of the molecule is Cn1c(CN2CCCC2c2ccccc2C(F)(F)F)nnc1C1CC1. The van der Waals surface area contributed by atoms with Gasteiger partial charge < -0.3 is 4.57 Å². The maximum Gasteiger partial charge on any atom is 0.416 e. The smallest absolute Gasteiger partial charge is 0.317 e. The Balaban J connectivity index is 1.59. The molecule has 1 aromatic heterocycles. The number of alkyl halides is 3. The van der Waals surface area contributed by atoms with Crippen molar-refractivity contribution in [3.8, 4) is 0 Å². The summed E-state index contributed by atoms with van der Waals surface area (Å²) in [6.07, 6.45) is -0.395. The van der Waals surface area contributed by atoms with E-state index in [4.69, 9.17) is 0 Å². The number of aromatic nitrogens is 3. The van der Waals surface area contributed by atoms with E-state index < -0.39 is 11.7 Å². The van der Waals surface area contributed by atoms with E-state index in [2.05, 4.69) is 15.1 Å². The Labute approximate surface area is 144 Å². The fourth-order valence-electron chi connectivity index (χ4n) is 3.81. The van der Waals surface area contributed by atoms with Crippen LogP contribution < -0.4 is 0 Å². The van der Waals surface area contributed by atoms with Gasteiger partial charge in [-0.3, -0.25) is 4.90 Å². The van der Waals surface area contributed by atoms with Gasteiger partial charge in [0.2, 0.25) is 0 Å². The van der Waals surface area contributed by atoms with Crippen LogP contribution in [0.1, 0.15) is 60.4 Å². The first kappa shape index (κ1) is 16.6. The first-order chi connectivity index (χ1) is 11.9. The number of hydrogen-bond acceptors (Lipinski definition) is 3. The normalized spacial score (nSPS) is 21.8. The summed E-state index contributed by atoms with van der Waals surface area (Å²) in [5.41, 5.74) is -0.152. The Morgan fingerprint density at radius 3 is 2.60 bits per heavy atom. The summed E-state index contributed by atoms with van der Waals surface area (Å²) in [6, 6.07) is 5.71. The third-order valence-electron chi connectivity index (χ3n) is 5.27. The molecule has 2 aliphatic rings. The predicted molar refractivity (Wildman–Crippen MR) is 86.8 cm³/mol. The molecule has 0 N–H and O–H groups in total. The molecule has 1 aromatic carbocycles. The van der Waals surface area contributed by atoms with Crippen LogP contribution >= 0.6 is 0 Å². The van der Waals surface area contributed by atoms with Crippen molar-refractivity contribution in [3.05, 3.63) is 47.0 Å². The maximum atomic E-state index is 13.4. The van der Waals surface area contributed by atoms with Crippen molar-refractivity contribution in [1.82, 2.24) is 19.7 Å². The molecular formula is C18H21F3N4. The number of nitrogens with zero attached hydrogens (tertiary/aromatic N) is 4. The van der Waals surface area contributed by atoms with Crippen molar-refractivity contribution in [3.63, 3.8) is 0 Å². The number of hydrogen-bond donors (Lipinski definition) is 0. The summed E-state index contributed by atoms with van der Waals surface area (Å²) in [4.78, 5) is 2.10. The van der Waals surface area contributed by atoms with Gasteiger partial charge in [0.05, 0.1) is 12.1 Å². The Morgan fingerprint density at radius 1 is 1.12 bits per heavy atom. The largest absolute Gasteiger partial charge is 0.416 e. The molecule has 1 aliphatic carbocycles. The van der Waals surface area contributed by atoms with Crippen molar-refractivity contribution < 1.29 is 13.2 Å². The van der Waals surface area contributed by atoms with Gasteiger partial charge in [-0.1, -0.05) is 18.2 Å². The van der Waals surface area contributed by atoms with Crippen LogP contribution in [0, 0.1) is 0 Å². The Morgan fingerprint density at radius 2 is 1.88 bits per heavy atom. The lowest BCUT2D eigenvalue weighted by atomic mass is 9.98. The molecule has 1 saturated carbocycles. The lowest BCUT2D eigenvalue weighted by Crippen LogP contribution is -2.26. The lowest BCUT2D eigenvalue weighted by molar-refractivity contribution is -0.138. The minimum Gasteiger partial charge on any atom is -0.317 e. The van der Waals surface area contributed by atoms with Crippen LogP contribution in [0.15, 0.2) is 24.3 Å². The average Bonchev–Trinajstić information content (AvgIpc) is 3.20.